The normalized spacial score (nSPS) is 10.2. The number of carbonyl (C=O) groups excluding carboxylic acids is 3. The number of hydrogen-bond donors (Lipinski definition) is 2. The van der Waals surface area contributed by atoms with E-state index in [1.807, 2.05) is 6.07 Å². The molecule has 0 heterocycles. The van der Waals surface area contributed by atoms with Gasteiger partial charge < -0.3 is 15.4 Å². The number of nitrogens with zero attached hydrogens (tertiary/aromatic N) is 1. The molecule has 3 rings (SSSR count). The average molecular weight is 454 g/mol. The van der Waals surface area contributed by atoms with Gasteiger partial charge in [-0.2, -0.15) is 0 Å². The highest BCUT2D eigenvalue weighted by Gasteiger charge is 2.23. The van der Waals surface area contributed by atoms with Crippen LogP contribution in [-0.2, 0) is 9.53 Å². The lowest BCUT2D eigenvalue weighted by atomic mass is 10.1. The lowest BCUT2D eigenvalue weighted by molar-refractivity contribution is -0.385. The second-order valence-corrected chi connectivity index (χ2v) is 6.85. The van der Waals surface area contributed by atoms with Crippen LogP contribution in [0.25, 0.3) is 0 Å². The zero-order valence-corrected chi connectivity index (χ0v) is 17.2. The summed E-state index contributed by atoms with van der Waals surface area (Å²) in [6.07, 6.45) is 0. The van der Waals surface area contributed by atoms with Crippen LogP contribution in [0, 0.1) is 10.1 Å². The Morgan fingerprint density at radius 3 is 2.31 bits per heavy atom. The number of nitro groups is 1. The predicted octanol–water partition coefficient (Wildman–Crippen LogP) is 4.30. The van der Waals surface area contributed by atoms with Crippen LogP contribution in [0.2, 0.25) is 5.02 Å². The summed E-state index contributed by atoms with van der Waals surface area (Å²) in [4.78, 5) is 47.4. The van der Waals surface area contributed by atoms with Gasteiger partial charge in [0.2, 0.25) is 0 Å². The number of nitrogens with one attached hydrogen (secondary N) is 2. The molecular formula is C22H16ClN3O6. The summed E-state index contributed by atoms with van der Waals surface area (Å²) < 4.78 is 4.89. The van der Waals surface area contributed by atoms with Gasteiger partial charge in [-0.05, 0) is 36.4 Å². The Morgan fingerprint density at radius 2 is 1.59 bits per heavy atom. The molecule has 9 nitrogen and oxygen atoms in total. The van der Waals surface area contributed by atoms with Crippen molar-refractivity contribution < 1.29 is 24.0 Å². The van der Waals surface area contributed by atoms with E-state index in [9.17, 15) is 24.5 Å². The van der Waals surface area contributed by atoms with Gasteiger partial charge in [-0.15, -0.1) is 0 Å². The quantitative estimate of drug-likeness (QED) is 0.312. The SMILES string of the molecule is O=C(COC(=O)c1ccc(Cl)cc1[N+](=O)[O-])Nc1ccccc1C(=O)Nc1ccccc1. The molecule has 0 unspecified atom stereocenters. The van der Waals surface area contributed by atoms with E-state index in [0.717, 1.165) is 12.1 Å². The zero-order chi connectivity index (χ0) is 23.1. The first kappa shape index (κ1) is 22.4. The largest absolute Gasteiger partial charge is 0.452 e. The molecule has 0 aliphatic rings. The Labute approximate surface area is 187 Å². The van der Waals surface area contributed by atoms with Crippen molar-refractivity contribution in [3.63, 3.8) is 0 Å². The van der Waals surface area contributed by atoms with Gasteiger partial charge in [0.15, 0.2) is 6.61 Å². The fourth-order valence-electron chi connectivity index (χ4n) is 2.73. The number of anilines is 2. The number of para-hydroxylation sites is 2. The summed E-state index contributed by atoms with van der Waals surface area (Å²) in [5.74, 6) is -2.23. The van der Waals surface area contributed by atoms with Gasteiger partial charge in [0.05, 0.1) is 16.2 Å². The molecule has 0 spiro atoms. The Kier molecular flexibility index (Phi) is 7.14. The van der Waals surface area contributed by atoms with E-state index in [0.29, 0.717) is 5.69 Å². The number of ether oxygens (including phenoxy) is 1. The molecule has 2 amide bonds. The number of esters is 1. The molecule has 0 aromatic heterocycles. The van der Waals surface area contributed by atoms with Crippen LogP contribution in [0.5, 0.6) is 0 Å². The first-order valence-corrected chi connectivity index (χ1v) is 9.59. The van der Waals surface area contributed by atoms with Gasteiger partial charge in [-0.25, -0.2) is 4.79 Å². The van der Waals surface area contributed by atoms with E-state index < -0.39 is 35.0 Å². The average Bonchev–Trinajstić information content (AvgIpc) is 2.78. The van der Waals surface area contributed by atoms with Gasteiger partial charge in [-0.3, -0.25) is 19.7 Å². The van der Waals surface area contributed by atoms with Crippen molar-refractivity contribution in [2.24, 2.45) is 0 Å². The highest BCUT2D eigenvalue weighted by atomic mass is 35.5. The summed E-state index contributed by atoms with van der Waals surface area (Å²) in [7, 11) is 0. The topological polar surface area (TPSA) is 128 Å². The van der Waals surface area contributed by atoms with Crippen LogP contribution < -0.4 is 10.6 Å². The maximum absolute atomic E-state index is 12.6. The molecule has 0 atom stereocenters. The standard InChI is InChI=1S/C22H16ClN3O6/c23-14-10-11-17(19(12-14)26(30)31)22(29)32-13-20(27)25-18-9-5-4-8-16(18)21(28)24-15-6-2-1-3-7-15/h1-12H,13H2,(H,24,28)(H,25,27). The number of rotatable bonds is 7. The Balaban J connectivity index is 1.65. The molecule has 0 radical (unpaired) electrons. The van der Waals surface area contributed by atoms with E-state index in [1.54, 1.807) is 36.4 Å². The smallest absolute Gasteiger partial charge is 0.345 e. The first-order chi connectivity index (χ1) is 15.3. The van der Waals surface area contributed by atoms with Crippen molar-refractivity contribution in [3.05, 3.63) is 99.1 Å². The third kappa shape index (κ3) is 5.67. The van der Waals surface area contributed by atoms with E-state index >= 15 is 0 Å². The van der Waals surface area contributed by atoms with Crippen molar-refractivity contribution >= 4 is 46.4 Å². The maximum Gasteiger partial charge on any atom is 0.345 e. The minimum atomic E-state index is -1.06. The summed E-state index contributed by atoms with van der Waals surface area (Å²) in [5.41, 5.74) is 0.113. The minimum Gasteiger partial charge on any atom is -0.452 e. The molecule has 162 valence electrons. The number of amides is 2. The van der Waals surface area contributed by atoms with E-state index in [2.05, 4.69) is 10.6 Å². The molecule has 0 bridgehead atoms. The molecule has 3 aromatic rings. The third-order valence-corrected chi connectivity index (χ3v) is 4.42. The molecule has 3 aromatic carbocycles. The van der Waals surface area contributed by atoms with Crippen LogP contribution in [0.15, 0.2) is 72.8 Å². The Bertz CT molecular complexity index is 1180. The van der Waals surface area contributed by atoms with Crippen LogP contribution >= 0.6 is 11.6 Å². The first-order valence-electron chi connectivity index (χ1n) is 9.21. The lowest BCUT2D eigenvalue weighted by Gasteiger charge is -2.12. The van der Waals surface area contributed by atoms with Crippen LogP contribution in [0.1, 0.15) is 20.7 Å². The molecule has 32 heavy (non-hydrogen) atoms. The minimum absolute atomic E-state index is 0.0800. The second-order valence-electron chi connectivity index (χ2n) is 6.41. The number of halogens is 1. The monoisotopic (exact) mass is 453 g/mol. The molecule has 2 N–H and O–H groups in total. The summed E-state index contributed by atoms with van der Waals surface area (Å²) in [5, 5.41) is 16.4. The summed E-state index contributed by atoms with van der Waals surface area (Å²) in [6.45, 7) is -0.715. The second kappa shape index (κ2) is 10.2. The summed E-state index contributed by atoms with van der Waals surface area (Å²) in [6, 6.07) is 18.5. The fourth-order valence-corrected chi connectivity index (χ4v) is 2.90. The molecule has 10 heteroatoms. The van der Waals surface area contributed by atoms with E-state index in [4.69, 9.17) is 16.3 Å². The van der Waals surface area contributed by atoms with Crippen molar-refractivity contribution in [2.75, 3.05) is 17.2 Å². The van der Waals surface area contributed by atoms with Gasteiger partial charge >= 0.3 is 5.97 Å². The predicted molar refractivity (Wildman–Crippen MR) is 118 cm³/mol. The molecule has 0 aliphatic heterocycles. The Morgan fingerprint density at radius 1 is 0.906 bits per heavy atom. The highest BCUT2D eigenvalue weighted by Crippen LogP contribution is 2.24. The van der Waals surface area contributed by atoms with E-state index in [-0.39, 0.29) is 21.8 Å². The fraction of sp³-hybridized carbons (Fsp3) is 0.0455. The van der Waals surface area contributed by atoms with Gasteiger partial charge in [0, 0.05) is 16.8 Å². The number of nitro benzene ring substituents is 1. The van der Waals surface area contributed by atoms with Crippen molar-refractivity contribution in [2.45, 2.75) is 0 Å². The lowest BCUT2D eigenvalue weighted by Crippen LogP contribution is -2.23. The maximum atomic E-state index is 12.6. The van der Waals surface area contributed by atoms with Crippen LogP contribution in [0.4, 0.5) is 17.1 Å². The van der Waals surface area contributed by atoms with E-state index in [1.165, 1.54) is 18.2 Å². The number of benzene rings is 3. The third-order valence-electron chi connectivity index (χ3n) is 4.19. The van der Waals surface area contributed by atoms with Crippen molar-refractivity contribution in [1.29, 1.82) is 0 Å². The van der Waals surface area contributed by atoms with Gasteiger partial charge in [-0.1, -0.05) is 41.9 Å². The van der Waals surface area contributed by atoms with Crippen LogP contribution in [0.3, 0.4) is 0 Å². The van der Waals surface area contributed by atoms with Crippen molar-refractivity contribution in [1.82, 2.24) is 0 Å². The molecule has 0 saturated carbocycles. The van der Waals surface area contributed by atoms with Gasteiger partial charge in [0.25, 0.3) is 17.5 Å². The van der Waals surface area contributed by atoms with Crippen molar-refractivity contribution in [3.8, 4) is 0 Å². The Hall–Kier alpha value is -4.24. The van der Waals surface area contributed by atoms with Gasteiger partial charge in [0.1, 0.15) is 5.56 Å². The molecule has 0 aliphatic carbocycles. The van der Waals surface area contributed by atoms with Crippen LogP contribution in [-0.4, -0.2) is 29.3 Å². The number of carbonyl (C=O) groups is 3. The molecule has 0 saturated heterocycles. The molecule has 0 fully saturated rings. The summed E-state index contributed by atoms with van der Waals surface area (Å²) >= 11 is 5.72. The highest BCUT2D eigenvalue weighted by molar-refractivity contribution is 6.31. The number of hydrogen-bond acceptors (Lipinski definition) is 6. The molecular weight excluding hydrogens is 438 g/mol. The zero-order valence-electron chi connectivity index (χ0n) is 16.4.